The normalized spacial score (nSPS) is 10.4. The smallest absolute Gasteiger partial charge is 0.319 e. The van der Waals surface area contributed by atoms with Gasteiger partial charge in [-0.3, -0.25) is 4.57 Å². The number of aryl methyl sites for hydroxylation is 1. The molecule has 0 spiro atoms. The monoisotopic (exact) mass is 341 g/mol. The van der Waals surface area contributed by atoms with E-state index < -0.39 is 0 Å². The fourth-order valence-electron chi connectivity index (χ4n) is 2.29. The standard InChI is InChI=1S/C17H16ClN5O/c1-12-6-5-9-14(18)16(12)21-17(24)19-10-15-22-20-11-23(15)13-7-3-2-4-8-13/h2-9,11H,10H2,1H3,(H2,19,21,24). The third-order valence-corrected chi connectivity index (χ3v) is 3.84. The van der Waals surface area contributed by atoms with E-state index in [4.69, 9.17) is 11.6 Å². The van der Waals surface area contributed by atoms with Crippen molar-refractivity contribution in [1.82, 2.24) is 20.1 Å². The molecule has 0 unspecified atom stereocenters. The Bertz CT molecular complexity index is 827. The van der Waals surface area contributed by atoms with Gasteiger partial charge in [-0.05, 0) is 30.7 Å². The van der Waals surface area contributed by atoms with Gasteiger partial charge in [-0.1, -0.05) is 41.9 Å². The lowest BCUT2D eigenvalue weighted by Gasteiger charge is -2.11. The van der Waals surface area contributed by atoms with E-state index >= 15 is 0 Å². The van der Waals surface area contributed by atoms with Crippen LogP contribution < -0.4 is 10.6 Å². The van der Waals surface area contributed by atoms with Crippen LogP contribution in [0, 0.1) is 6.92 Å². The summed E-state index contributed by atoms with van der Waals surface area (Å²) < 4.78 is 1.82. The van der Waals surface area contributed by atoms with Crippen LogP contribution in [-0.2, 0) is 6.54 Å². The van der Waals surface area contributed by atoms with E-state index in [1.807, 2.05) is 54.0 Å². The summed E-state index contributed by atoms with van der Waals surface area (Å²) in [5.41, 5.74) is 2.42. The summed E-state index contributed by atoms with van der Waals surface area (Å²) in [6.45, 7) is 2.12. The third-order valence-electron chi connectivity index (χ3n) is 3.52. The molecule has 2 aromatic carbocycles. The highest BCUT2D eigenvalue weighted by Crippen LogP contribution is 2.24. The maximum absolute atomic E-state index is 12.1. The van der Waals surface area contributed by atoms with E-state index in [-0.39, 0.29) is 12.6 Å². The number of aromatic nitrogens is 3. The molecular formula is C17H16ClN5O. The van der Waals surface area contributed by atoms with Gasteiger partial charge in [0.25, 0.3) is 0 Å². The topological polar surface area (TPSA) is 71.8 Å². The highest BCUT2D eigenvalue weighted by molar-refractivity contribution is 6.33. The molecule has 7 heteroatoms. The van der Waals surface area contributed by atoms with Gasteiger partial charge in [-0.2, -0.15) is 0 Å². The summed E-state index contributed by atoms with van der Waals surface area (Å²) in [7, 11) is 0. The van der Waals surface area contributed by atoms with Crippen LogP contribution in [0.4, 0.5) is 10.5 Å². The summed E-state index contributed by atoms with van der Waals surface area (Å²) >= 11 is 6.11. The lowest BCUT2D eigenvalue weighted by molar-refractivity contribution is 0.251. The summed E-state index contributed by atoms with van der Waals surface area (Å²) in [5.74, 6) is 0.632. The third kappa shape index (κ3) is 3.55. The molecule has 3 aromatic rings. The van der Waals surface area contributed by atoms with E-state index in [0.29, 0.717) is 16.5 Å². The van der Waals surface area contributed by atoms with E-state index in [2.05, 4.69) is 20.8 Å². The average molecular weight is 342 g/mol. The van der Waals surface area contributed by atoms with Gasteiger partial charge in [0.15, 0.2) is 5.82 Å². The Hall–Kier alpha value is -2.86. The minimum Gasteiger partial charge on any atom is -0.331 e. The van der Waals surface area contributed by atoms with Crippen LogP contribution in [0.15, 0.2) is 54.9 Å². The summed E-state index contributed by atoms with van der Waals surface area (Å²) in [4.78, 5) is 12.1. The predicted molar refractivity (Wildman–Crippen MR) is 93.4 cm³/mol. The van der Waals surface area contributed by atoms with Gasteiger partial charge >= 0.3 is 6.03 Å². The minimum absolute atomic E-state index is 0.240. The zero-order valence-corrected chi connectivity index (χ0v) is 13.8. The Morgan fingerprint density at radius 2 is 1.96 bits per heavy atom. The molecule has 0 aliphatic carbocycles. The first kappa shape index (κ1) is 16.0. The van der Waals surface area contributed by atoms with Crippen LogP contribution in [0.2, 0.25) is 5.02 Å². The van der Waals surface area contributed by atoms with E-state index in [1.54, 1.807) is 12.4 Å². The first-order chi connectivity index (χ1) is 11.6. The number of carbonyl (C=O) groups is 1. The van der Waals surface area contributed by atoms with E-state index in [9.17, 15) is 4.79 Å². The van der Waals surface area contributed by atoms with Crippen molar-refractivity contribution in [2.24, 2.45) is 0 Å². The number of halogens is 1. The molecule has 24 heavy (non-hydrogen) atoms. The lowest BCUT2D eigenvalue weighted by atomic mass is 10.2. The predicted octanol–water partition coefficient (Wildman–Crippen LogP) is 3.55. The molecule has 0 aliphatic rings. The number of benzene rings is 2. The fraction of sp³-hybridized carbons (Fsp3) is 0.118. The Balaban J connectivity index is 1.67. The second-order valence-corrected chi connectivity index (χ2v) is 5.60. The highest BCUT2D eigenvalue weighted by Gasteiger charge is 2.10. The van der Waals surface area contributed by atoms with Crippen LogP contribution >= 0.6 is 11.6 Å². The number of hydrogen-bond acceptors (Lipinski definition) is 3. The van der Waals surface area contributed by atoms with Crippen molar-refractivity contribution in [3.63, 3.8) is 0 Å². The Morgan fingerprint density at radius 3 is 2.71 bits per heavy atom. The van der Waals surface area contributed by atoms with Crippen LogP contribution in [0.5, 0.6) is 0 Å². The first-order valence-corrected chi connectivity index (χ1v) is 7.77. The van der Waals surface area contributed by atoms with Crippen LogP contribution in [-0.4, -0.2) is 20.8 Å². The number of rotatable bonds is 4. The molecule has 122 valence electrons. The number of amides is 2. The molecule has 0 saturated carbocycles. The van der Waals surface area contributed by atoms with Gasteiger partial charge < -0.3 is 10.6 Å². The van der Waals surface area contributed by atoms with Crippen molar-refractivity contribution in [2.45, 2.75) is 13.5 Å². The van der Waals surface area contributed by atoms with Crippen molar-refractivity contribution in [1.29, 1.82) is 0 Å². The second kappa shape index (κ2) is 7.14. The number of carbonyl (C=O) groups excluding carboxylic acids is 1. The van der Waals surface area contributed by atoms with Crippen LogP contribution in [0.1, 0.15) is 11.4 Å². The van der Waals surface area contributed by atoms with Crippen molar-refractivity contribution >= 4 is 23.3 Å². The van der Waals surface area contributed by atoms with Crippen molar-refractivity contribution in [2.75, 3.05) is 5.32 Å². The average Bonchev–Trinajstić information content (AvgIpc) is 3.06. The molecular weight excluding hydrogens is 326 g/mol. The summed E-state index contributed by atoms with van der Waals surface area (Å²) in [6.07, 6.45) is 1.61. The fourth-order valence-corrected chi connectivity index (χ4v) is 2.56. The maximum atomic E-state index is 12.1. The van der Waals surface area contributed by atoms with Crippen molar-refractivity contribution in [3.8, 4) is 5.69 Å². The van der Waals surface area contributed by atoms with Crippen LogP contribution in [0.3, 0.4) is 0 Å². The number of hydrogen-bond donors (Lipinski definition) is 2. The first-order valence-electron chi connectivity index (χ1n) is 7.39. The SMILES string of the molecule is Cc1cccc(Cl)c1NC(=O)NCc1nncn1-c1ccccc1. The number of anilines is 1. The molecule has 6 nitrogen and oxygen atoms in total. The second-order valence-electron chi connectivity index (χ2n) is 5.19. The molecule has 2 amide bonds. The van der Waals surface area contributed by atoms with Gasteiger partial charge in [0.2, 0.25) is 0 Å². The number of nitrogens with one attached hydrogen (secondary N) is 2. The molecule has 0 radical (unpaired) electrons. The van der Waals surface area contributed by atoms with Crippen LogP contribution in [0.25, 0.3) is 5.69 Å². The molecule has 3 rings (SSSR count). The summed E-state index contributed by atoms with van der Waals surface area (Å²) in [5, 5.41) is 14.0. The molecule has 1 aromatic heterocycles. The molecule has 0 fully saturated rings. The molecule has 0 aliphatic heterocycles. The number of para-hydroxylation sites is 2. The van der Waals surface area contributed by atoms with Crippen molar-refractivity contribution in [3.05, 3.63) is 71.3 Å². The maximum Gasteiger partial charge on any atom is 0.319 e. The highest BCUT2D eigenvalue weighted by atomic mass is 35.5. The molecule has 0 saturated heterocycles. The largest absolute Gasteiger partial charge is 0.331 e. The molecule has 1 heterocycles. The minimum atomic E-state index is -0.353. The molecule has 0 bridgehead atoms. The number of urea groups is 1. The molecule has 0 atom stereocenters. The van der Waals surface area contributed by atoms with Gasteiger partial charge in [-0.25, -0.2) is 4.79 Å². The Kier molecular flexibility index (Phi) is 4.77. The van der Waals surface area contributed by atoms with E-state index in [1.165, 1.54) is 0 Å². The lowest BCUT2D eigenvalue weighted by Crippen LogP contribution is -2.29. The Morgan fingerprint density at radius 1 is 1.17 bits per heavy atom. The van der Waals surface area contributed by atoms with Gasteiger partial charge in [0.05, 0.1) is 17.3 Å². The van der Waals surface area contributed by atoms with Gasteiger partial charge in [0.1, 0.15) is 6.33 Å². The van der Waals surface area contributed by atoms with Crippen molar-refractivity contribution < 1.29 is 4.79 Å². The van der Waals surface area contributed by atoms with Gasteiger partial charge in [0, 0.05) is 5.69 Å². The quantitative estimate of drug-likeness (QED) is 0.762. The van der Waals surface area contributed by atoms with Gasteiger partial charge in [-0.15, -0.1) is 10.2 Å². The van der Waals surface area contributed by atoms with E-state index in [0.717, 1.165) is 11.3 Å². The zero-order chi connectivity index (χ0) is 16.9. The Labute approximate surface area is 144 Å². The summed E-state index contributed by atoms with van der Waals surface area (Å²) in [6, 6.07) is 14.8. The molecule has 2 N–H and O–H groups in total. The zero-order valence-electron chi connectivity index (χ0n) is 13.0. The number of nitrogens with zero attached hydrogens (tertiary/aromatic N) is 3.